The summed E-state index contributed by atoms with van der Waals surface area (Å²) in [5.74, 6) is 0. The number of ether oxygens (including phenoxy) is 3. The fourth-order valence-corrected chi connectivity index (χ4v) is 0.660. The number of aliphatic hydroxyl groups is 3. The molecule has 0 aromatic carbocycles. The van der Waals surface area contributed by atoms with Crippen molar-refractivity contribution in [3.63, 3.8) is 0 Å². The average Bonchev–Trinajstić information content (AvgIpc) is 2.31. The second-order valence-electron chi connectivity index (χ2n) is 2.59. The molecular formula is C10H24O6. The van der Waals surface area contributed by atoms with Crippen molar-refractivity contribution in [2.24, 2.45) is 0 Å². The van der Waals surface area contributed by atoms with E-state index < -0.39 is 0 Å². The van der Waals surface area contributed by atoms with Crippen LogP contribution in [0.4, 0.5) is 0 Å². The summed E-state index contributed by atoms with van der Waals surface area (Å²) >= 11 is 0. The second-order valence-corrected chi connectivity index (χ2v) is 2.59. The SMILES string of the molecule is CCOCCOCCO.OCCOCCO. The van der Waals surface area contributed by atoms with Crippen LogP contribution in [0.3, 0.4) is 0 Å². The van der Waals surface area contributed by atoms with Crippen LogP contribution in [0.2, 0.25) is 0 Å². The van der Waals surface area contributed by atoms with E-state index in [9.17, 15) is 0 Å². The summed E-state index contributed by atoms with van der Waals surface area (Å²) in [6.45, 7) is 5.06. The largest absolute Gasteiger partial charge is 0.394 e. The van der Waals surface area contributed by atoms with Gasteiger partial charge in [0.25, 0.3) is 0 Å². The van der Waals surface area contributed by atoms with Crippen molar-refractivity contribution in [3.8, 4) is 0 Å². The highest BCUT2D eigenvalue weighted by molar-refractivity contribution is 4.28. The zero-order valence-corrected chi connectivity index (χ0v) is 9.93. The predicted octanol–water partition coefficient (Wildman–Crippen LogP) is -0.981. The third-order valence-electron chi connectivity index (χ3n) is 1.28. The lowest BCUT2D eigenvalue weighted by Crippen LogP contribution is -2.06. The minimum atomic E-state index is 0.0278. The van der Waals surface area contributed by atoms with Crippen molar-refractivity contribution in [3.05, 3.63) is 0 Å². The highest BCUT2D eigenvalue weighted by Gasteiger charge is 1.84. The van der Waals surface area contributed by atoms with E-state index in [2.05, 4.69) is 4.74 Å². The summed E-state index contributed by atoms with van der Waals surface area (Å²) in [5, 5.41) is 24.4. The minimum absolute atomic E-state index is 0.0278. The van der Waals surface area contributed by atoms with Crippen LogP contribution in [0.15, 0.2) is 0 Å². The van der Waals surface area contributed by atoms with Crippen molar-refractivity contribution < 1.29 is 29.5 Å². The van der Waals surface area contributed by atoms with E-state index in [-0.39, 0.29) is 19.8 Å². The quantitative estimate of drug-likeness (QED) is 0.425. The van der Waals surface area contributed by atoms with Crippen LogP contribution in [0.1, 0.15) is 6.92 Å². The molecule has 0 heterocycles. The maximum Gasteiger partial charge on any atom is 0.0701 e. The lowest BCUT2D eigenvalue weighted by atomic mass is 10.7. The van der Waals surface area contributed by atoms with E-state index in [1.165, 1.54) is 0 Å². The third kappa shape index (κ3) is 23.5. The summed E-state index contributed by atoms with van der Waals surface area (Å²) in [6.07, 6.45) is 0. The Balaban J connectivity index is 0. The fraction of sp³-hybridized carbons (Fsp3) is 1.00. The lowest BCUT2D eigenvalue weighted by Gasteiger charge is -2.00. The van der Waals surface area contributed by atoms with Gasteiger partial charge in [-0.05, 0) is 6.92 Å². The van der Waals surface area contributed by atoms with Crippen LogP contribution in [0.25, 0.3) is 0 Å². The summed E-state index contributed by atoms with van der Waals surface area (Å²) < 4.78 is 14.5. The van der Waals surface area contributed by atoms with Crippen molar-refractivity contribution in [1.82, 2.24) is 0 Å². The molecule has 16 heavy (non-hydrogen) atoms. The van der Waals surface area contributed by atoms with E-state index in [4.69, 9.17) is 24.8 Å². The molecule has 100 valence electrons. The number of aliphatic hydroxyl groups excluding tert-OH is 3. The molecule has 0 amide bonds. The molecule has 0 atom stereocenters. The summed E-state index contributed by atoms with van der Waals surface area (Å²) in [6, 6.07) is 0. The fourth-order valence-electron chi connectivity index (χ4n) is 0.660. The van der Waals surface area contributed by atoms with Gasteiger partial charge in [-0.15, -0.1) is 0 Å². The Labute approximate surface area is 96.8 Å². The molecule has 3 N–H and O–H groups in total. The molecule has 0 saturated carbocycles. The molecule has 0 bridgehead atoms. The first-order valence-corrected chi connectivity index (χ1v) is 5.39. The van der Waals surface area contributed by atoms with Gasteiger partial charge in [0.15, 0.2) is 0 Å². The maximum absolute atomic E-state index is 8.26. The number of rotatable bonds is 10. The van der Waals surface area contributed by atoms with Gasteiger partial charge in [0, 0.05) is 6.61 Å². The van der Waals surface area contributed by atoms with E-state index >= 15 is 0 Å². The minimum Gasteiger partial charge on any atom is -0.394 e. The lowest BCUT2D eigenvalue weighted by molar-refractivity contribution is 0.0370. The molecule has 0 unspecified atom stereocenters. The van der Waals surface area contributed by atoms with E-state index in [1.54, 1.807) is 0 Å². The number of hydrogen-bond acceptors (Lipinski definition) is 6. The smallest absolute Gasteiger partial charge is 0.0701 e. The molecule has 0 spiro atoms. The topological polar surface area (TPSA) is 88.4 Å². The Kier molecular flexibility index (Phi) is 22.9. The van der Waals surface area contributed by atoms with Gasteiger partial charge in [-0.3, -0.25) is 0 Å². The van der Waals surface area contributed by atoms with Crippen LogP contribution >= 0.6 is 0 Å². The Morgan fingerprint density at radius 3 is 1.38 bits per heavy atom. The third-order valence-corrected chi connectivity index (χ3v) is 1.28. The Morgan fingerprint density at radius 2 is 1.00 bits per heavy atom. The van der Waals surface area contributed by atoms with Crippen molar-refractivity contribution in [1.29, 1.82) is 0 Å². The first kappa shape index (κ1) is 18.1. The highest BCUT2D eigenvalue weighted by Crippen LogP contribution is 1.76. The average molecular weight is 240 g/mol. The van der Waals surface area contributed by atoms with Gasteiger partial charge >= 0.3 is 0 Å². The van der Waals surface area contributed by atoms with Gasteiger partial charge in [-0.2, -0.15) is 0 Å². The molecule has 0 fully saturated rings. The van der Waals surface area contributed by atoms with Gasteiger partial charge in [0.1, 0.15) is 0 Å². The van der Waals surface area contributed by atoms with Crippen molar-refractivity contribution in [2.75, 3.05) is 59.5 Å². The summed E-state index contributed by atoms with van der Waals surface area (Å²) in [5.41, 5.74) is 0. The maximum atomic E-state index is 8.26. The normalized spacial score (nSPS) is 9.75. The van der Waals surface area contributed by atoms with Crippen LogP contribution in [-0.4, -0.2) is 74.8 Å². The van der Waals surface area contributed by atoms with Crippen molar-refractivity contribution in [2.45, 2.75) is 6.92 Å². The highest BCUT2D eigenvalue weighted by atomic mass is 16.5. The van der Waals surface area contributed by atoms with Crippen LogP contribution in [0, 0.1) is 0 Å². The van der Waals surface area contributed by atoms with Crippen LogP contribution < -0.4 is 0 Å². The Bertz CT molecular complexity index is 91.3. The molecule has 0 rings (SSSR count). The molecule has 0 radical (unpaired) electrons. The molecule has 0 aliphatic heterocycles. The summed E-state index contributed by atoms with van der Waals surface area (Å²) in [7, 11) is 0. The zero-order valence-electron chi connectivity index (χ0n) is 9.93. The molecule has 0 aliphatic carbocycles. The second kappa shape index (κ2) is 20.2. The van der Waals surface area contributed by atoms with Gasteiger partial charge in [0.2, 0.25) is 0 Å². The molecule has 0 aromatic heterocycles. The molecule has 0 aliphatic rings. The number of hydrogen-bond donors (Lipinski definition) is 3. The summed E-state index contributed by atoms with van der Waals surface area (Å²) in [4.78, 5) is 0. The molecule has 0 aromatic rings. The van der Waals surface area contributed by atoms with E-state index in [1.807, 2.05) is 6.92 Å². The standard InChI is InChI=1S/C6H14O3.C4H10O3/c1-2-8-5-6-9-4-3-7;5-1-3-7-4-2-6/h7H,2-6H2,1H3;5-6H,1-4H2. The Morgan fingerprint density at radius 1 is 0.625 bits per heavy atom. The Hall–Kier alpha value is -0.240. The van der Waals surface area contributed by atoms with Crippen LogP contribution in [-0.2, 0) is 14.2 Å². The van der Waals surface area contributed by atoms with Crippen LogP contribution in [0.5, 0.6) is 0 Å². The van der Waals surface area contributed by atoms with Gasteiger partial charge in [-0.1, -0.05) is 0 Å². The molecular weight excluding hydrogens is 216 g/mol. The van der Waals surface area contributed by atoms with Crippen molar-refractivity contribution >= 4 is 0 Å². The zero-order chi connectivity index (χ0) is 12.5. The predicted molar refractivity (Wildman–Crippen MR) is 59.4 cm³/mol. The van der Waals surface area contributed by atoms with Gasteiger partial charge in [-0.25, -0.2) is 0 Å². The molecule has 6 heteroatoms. The first-order valence-electron chi connectivity index (χ1n) is 5.39. The van der Waals surface area contributed by atoms with E-state index in [0.29, 0.717) is 33.0 Å². The van der Waals surface area contributed by atoms with Gasteiger partial charge in [0.05, 0.1) is 52.9 Å². The monoisotopic (exact) mass is 240 g/mol. The van der Waals surface area contributed by atoms with Gasteiger partial charge < -0.3 is 29.5 Å². The first-order chi connectivity index (χ1) is 7.83. The molecule has 0 saturated heterocycles. The molecule has 6 nitrogen and oxygen atoms in total. The van der Waals surface area contributed by atoms with E-state index in [0.717, 1.165) is 6.61 Å².